The second-order valence-corrected chi connectivity index (χ2v) is 5.68. The first kappa shape index (κ1) is 24.5. The van der Waals surface area contributed by atoms with Crippen LogP contribution in [0.4, 0.5) is 4.79 Å². The quantitative estimate of drug-likeness (QED) is 0.260. The predicted octanol–water partition coefficient (Wildman–Crippen LogP) is 2.06. The molecule has 0 aliphatic rings. The van der Waals surface area contributed by atoms with E-state index in [1.807, 2.05) is 34.6 Å². The maximum absolute atomic E-state index is 12.0. The van der Waals surface area contributed by atoms with Crippen molar-refractivity contribution in [3.63, 3.8) is 0 Å². The number of nitrogens with one attached hydrogen (secondary N) is 2. The Labute approximate surface area is 157 Å². The highest BCUT2D eigenvalue weighted by atomic mass is 127. The molecule has 0 radical (unpaired) electrons. The molecule has 0 aliphatic carbocycles. The average Bonchev–Trinajstić information content (AvgIpc) is 2.43. The first-order valence-electron chi connectivity index (χ1n) is 7.84. The Hall–Kier alpha value is -0.770. The van der Waals surface area contributed by atoms with E-state index >= 15 is 0 Å². The van der Waals surface area contributed by atoms with Crippen LogP contribution in [0.2, 0.25) is 0 Å². The molecule has 138 valence electrons. The van der Waals surface area contributed by atoms with Crippen LogP contribution in [-0.2, 0) is 9.47 Å². The van der Waals surface area contributed by atoms with Crippen LogP contribution in [0.25, 0.3) is 0 Å². The first-order chi connectivity index (χ1) is 10.3. The van der Waals surface area contributed by atoms with Gasteiger partial charge in [0.05, 0.1) is 6.61 Å². The van der Waals surface area contributed by atoms with Gasteiger partial charge in [-0.1, -0.05) is 0 Å². The van der Waals surface area contributed by atoms with Crippen molar-refractivity contribution < 1.29 is 14.3 Å². The predicted molar refractivity (Wildman–Crippen MR) is 105 cm³/mol. The number of nitrogens with zero attached hydrogens (tertiary/aromatic N) is 2. The molecule has 0 spiro atoms. The summed E-state index contributed by atoms with van der Waals surface area (Å²) in [5.74, 6) is 0.694. The van der Waals surface area contributed by atoms with Gasteiger partial charge in [0.1, 0.15) is 5.60 Å². The molecule has 0 aromatic carbocycles. The average molecular weight is 444 g/mol. The molecule has 0 aromatic rings. The van der Waals surface area contributed by atoms with Crippen LogP contribution in [0.5, 0.6) is 0 Å². The molecule has 0 atom stereocenters. The van der Waals surface area contributed by atoms with Gasteiger partial charge in [0.2, 0.25) is 0 Å². The van der Waals surface area contributed by atoms with Gasteiger partial charge in [0.25, 0.3) is 0 Å². The van der Waals surface area contributed by atoms with E-state index in [0.29, 0.717) is 45.4 Å². The van der Waals surface area contributed by atoms with Crippen LogP contribution in [-0.4, -0.2) is 69.0 Å². The van der Waals surface area contributed by atoms with Gasteiger partial charge in [-0.25, -0.2) is 4.79 Å². The molecule has 0 saturated heterocycles. The Balaban J connectivity index is 0. The fraction of sp³-hybridized carbons (Fsp3) is 0.867. The van der Waals surface area contributed by atoms with Crippen LogP contribution in [0.1, 0.15) is 34.6 Å². The lowest BCUT2D eigenvalue weighted by Gasteiger charge is -2.26. The van der Waals surface area contributed by atoms with E-state index in [-0.39, 0.29) is 30.1 Å². The zero-order valence-corrected chi connectivity index (χ0v) is 17.6. The molecule has 0 saturated carbocycles. The minimum atomic E-state index is -0.477. The minimum Gasteiger partial charge on any atom is -0.444 e. The van der Waals surface area contributed by atoms with Crippen LogP contribution >= 0.6 is 24.0 Å². The number of hydrogen-bond donors (Lipinski definition) is 2. The fourth-order valence-electron chi connectivity index (χ4n) is 1.62. The summed E-state index contributed by atoms with van der Waals surface area (Å²) in [4.78, 5) is 17.8. The van der Waals surface area contributed by atoms with Gasteiger partial charge in [-0.05, 0) is 34.6 Å². The zero-order chi connectivity index (χ0) is 17.0. The summed E-state index contributed by atoms with van der Waals surface area (Å²) < 4.78 is 10.6. The molecule has 0 aromatic heterocycles. The van der Waals surface area contributed by atoms with E-state index in [0.717, 1.165) is 0 Å². The second kappa shape index (κ2) is 13.6. The summed E-state index contributed by atoms with van der Waals surface area (Å²) >= 11 is 0. The molecule has 0 heterocycles. The molecule has 8 heteroatoms. The monoisotopic (exact) mass is 444 g/mol. The number of ether oxygens (including phenoxy) is 2. The van der Waals surface area contributed by atoms with Gasteiger partial charge >= 0.3 is 6.09 Å². The Bertz CT molecular complexity index is 346. The summed E-state index contributed by atoms with van der Waals surface area (Å²) in [5, 5.41) is 6.31. The lowest BCUT2D eigenvalue weighted by atomic mass is 10.2. The van der Waals surface area contributed by atoms with E-state index in [2.05, 4.69) is 15.6 Å². The highest BCUT2D eigenvalue weighted by molar-refractivity contribution is 14.0. The van der Waals surface area contributed by atoms with Crippen molar-refractivity contribution in [1.29, 1.82) is 0 Å². The molecule has 7 nitrogen and oxygen atoms in total. The van der Waals surface area contributed by atoms with Gasteiger partial charge in [-0.15, -0.1) is 24.0 Å². The third-order valence-electron chi connectivity index (χ3n) is 2.67. The van der Waals surface area contributed by atoms with E-state index in [1.54, 1.807) is 11.9 Å². The summed E-state index contributed by atoms with van der Waals surface area (Å²) in [6.45, 7) is 13.3. The highest BCUT2D eigenvalue weighted by Crippen LogP contribution is 2.09. The van der Waals surface area contributed by atoms with Crippen molar-refractivity contribution in [2.45, 2.75) is 40.2 Å². The van der Waals surface area contributed by atoms with E-state index in [4.69, 9.17) is 9.47 Å². The number of hydrogen-bond acceptors (Lipinski definition) is 4. The zero-order valence-electron chi connectivity index (χ0n) is 15.3. The van der Waals surface area contributed by atoms with Crippen molar-refractivity contribution in [3.8, 4) is 0 Å². The van der Waals surface area contributed by atoms with Crippen LogP contribution < -0.4 is 10.6 Å². The molecule has 0 unspecified atom stereocenters. The Morgan fingerprint density at radius 2 is 1.78 bits per heavy atom. The molecule has 1 amide bonds. The van der Waals surface area contributed by atoms with Crippen molar-refractivity contribution in [1.82, 2.24) is 15.5 Å². The number of amides is 1. The van der Waals surface area contributed by atoms with Crippen LogP contribution in [0.15, 0.2) is 4.99 Å². The molecule has 0 bridgehead atoms. The minimum absolute atomic E-state index is 0. The number of guanidine groups is 1. The molecule has 0 aliphatic heterocycles. The van der Waals surface area contributed by atoms with E-state index in [9.17, 15) is 4.79 Å². The SMILES string of the molecule is CCOCCNC(=NC)NCCN(CC)C(=O)OC(C)(C)C.I. The van der Waals surface area contributed by atoms with Crippen molar-refractivity contribution in [2.24, 2.45) is 4.99 Å². The van der Waals surface area contributed by atoms with Gasteiger partial charge in [0, 0.05) is 39.8 Å². The fourth-order valence-corrected chi connectivity index (χ4v) is 1.62. The van der Waals surface area contributed by atoms with Crippen molar-refractivity contribution in [3.05, 3.63) is 0 Å². The van der Waals surface area contributed by atoms with Crippen molar-refractivity contribution >= 4 is 36.0 Å². The molecule has 2 N–H and O–H groups in total. The Kier molecular flexibility index (Phi) is 14.5. The van der Waals surface area contributed by atoms with Crippen molar-refractivity contribution in [2.75, 3.05) is 46.4 Å². The Morgan fingerprint density at radius 3 is 2.26 bits per heavy atom. The lowest BCUT2D eigenvalue weighted by molar-refractivity contribution is 0.0264. The van der Waals surface area contributed by atoms with E-state index < -0.39 is 5.60 Å². The van der Waals surface area contributed by atoms with Crippen LogP contribution in [0, 0.1) is 0 Å². The normalized spacial score (nSPS) is 11.5. The third kappa shape index (κ3) is 13.4. The Morgan fingerprint density at radius 1 is 1.17 bits per heavy atom. The van der Waals surface area contributed by atoms with E-state index in [1.165, 1.54) is 0 Å². The smallest absolute Gasteiger partial charge is 0.410 e. The maximum atomic E-state index is 12.0. The molecular weight excluding hydrogens is 411 g/mol. The standard InChI is InChI=1S/C15H32N4O3.HI/c1-7-19(14(20)22-15(3,4)5)11-9-17-13(16-6)18-10-12-21-8-2;/h7-12H2,1-6H3,(H2,16,17,18);1H. The van der Waals surface area contributed by atoms with Crippen LogP contribution in [0.3, 0.4) is 0 Å². The third-order valence-corrected chi connectivity index (χ3v) is 2.67. The summed E-state index contributed by atoms with van der Waals surface area (Å²) in [6.07, 6.45) is -0.295. The molecule has 0 fully saturated rings. The topological polar surface area (TPSA) is 75.2 Å². The van der Waals surface area contributed by atoms with Gasteiger partial charge in [-0.3, -0.25) is 4.99 Å². The summed E-state index contributed by atoms with van der Waals surface area (Å²) in [7, 11) is 1.71. The number of likely N-dealkylation sites (N-methyl/N-ethyl adjacent to an activating group) is 1. The lowest BCUT2D eigenvalue weighted by Crippen LogP contribution is -2.44. The number of carbonyl (C=O) groups is 1. The molecule has 0 rings (SSSR count). The summed E-state index contributed by atoms with van der Waals surface area (Å²) in [6, 6.07) is 0. The first-order valence-corrected chi connectivity index (χ1v) is 7.84. The summed E-state index contributed by atoms with van der Waals surface area (Å²) in [5.41, 5.74) is -0.477. The second-order valence-electron chi connectivity index (χ2n) is 5.68. The highest BCUT2D eigenvalue weighted by Gasteiger charge is 2.20. The maximum Gasteiger partial charge on any atom is 0.410 e. The number of aliphatic imine (C=N–C) groups is 1. The number of carbonyl (C=O) groups excluding carboxylic acids is 1. The van der Waals surface area contributed by atoms with Gasteiger partial charge in [-0.2, -0.15) is 0 Å². The van der Waals surface area contributed by atoms with Gasteiger partial charge in [0.15, 0.2) is 5.96 Å². The number of halogens is 1. The molecular formula is C15H33IN4O3. The number of rotatable bonds is 8. The van der Waals surface area contributed by atoms with Gasteiger partial charge < -0.3 is 25.0 Å². The largest absolute Gasteiger partial charge is 0.444 e. The molecule has 23 heavy (non-hydrogen) atoms.